The van der Waals surface area contributed by atoms with Crippen LogP contribution in [0.4, 0.5) is 4.79 Å². The molecule has 0 saturated carbocycles. The Morgan fingerprint density at radius 3 is 2.93 bits per heavy atom. The number of cyclic esters (lactones) is 1. The second-order valence-corrected chi connectivity index (χ2v) is 3.39. The lowest BCUT2D eigenvalue weighted by molar-refractivity contribution is 0.141. The fourth-order valence-electron chi connectivity index (χ4n) is 1.34. The van der Waals surface area contributed by atoms with Crippen molar-refractivity contribution in [1.29, 1.82) is 0 Å². The fraction of sp³-hybridized carbons (Fsp3) is 0.222. The first kappa shape index (κ1) is 9.15. The summed E-state index contributed by atoms with van der Waals surface area (Å²) in [6, 6.07) is 4.57. The molecule has 4 nitrogen and oxygen atoms in total. The van der Waals surface area contributed by atoms with Gasteiger partial charge in [0.2, 0.25) is 0 Å². The molecule has 1 unspecified atom stereocenters. The molecule has 1 aromatic carbocycles. The molecule has 2 N–H and O–H groups in total. The zero-order valence-corrected chi connectivity index (χ0v) is 7.91. The maximum atomic E-state index is 10.8. The minimum absolute atomic E-state index is 0.0935. The van der Waals surface area contributed by atoms with Crippen LogP contribution in [0.25, 0.3) is 0 Å². The van der Waals surface area contributed by atoms with Crippen molar-refractivity contribution in [2.45, 2.75) is 6.10 Å². The zero-order valence-electron chi connectivity index (χ0n) is 7.16. The van der Waals surface area contributed by atoms with Crippen LogP contribution in [0.5, 0.6) is 5.75 Å². The molecule has 0 radical (unpaired) electrons. The van der Waals surface area contributed by atoms with Gasteiger partial charge in [0.05, 0.1) is 11.6 Å². The highest BCUT2D eigenvalue weighted by atomic mass is 35.5. The van der Waals surface area contributed by atoms with E-state index in [1.54, 1.807) is 6.07 Å². The SMILES string of the molecule is O=C1NCC(c2ccc(O)cc2Cl)O1. The lowest BCUT2D eigenvalue weighted by Crippen LogP contribution is -2.12. The van der Waals surface area contributed by atoms with Gasteiger partial charge in [-0.3, -0.25) is 0 Å². The number of phenolic OH excluding ortho intramolecular Hbond substituents is 1. The quantitative estimate of drug-likeness (QED) is 0.748. The number of carbonyl (C=O) groups is 1. The smallest absolute Gasteiger partial charge is 0.407 e. The summed E-state index contributed by atoms with van der Waals surface area (Å²) in [7, 11) is 0. The van der Waals surface area contributed by atoms with E-state index in [9.17, 15) is 4.79 Å². The van der Waals surface area contributed by atoms with Crippen LogP contribution in [0.1, 0.15) is 11.7 Å². The number of amides is 1. The number of alkyl carbamates (subject to hydrolysis) is 1. The average molecular weight is 214 g/mol. The molecule has 1 atom stereocenters. The van der Waals surface area contributed by atoms with E-state index in [1.807, 2.05) is 0 Å². The van der Waals surface area contributed by atoms with Gasteiger partial charge in [-0.15, -0.1) is 0 Å². The normalized spacial score (nSPS) is 20.4. The lowest BCUT2D eigenvalue weighted by atomic mass is 10.1. The second-order valence-electron chi connectivity index (χ2n) is 2.98. The number of halogens is 1. The molecule has 0 aliphatic carbocycles. The Kier molecular flexibility index (Phi) is 2.21. The predicted molar refractivity (Wildman–Crippen MR) is 50.3 cm³/mol. The highest BCUT2D eigenvalue weighted by molar-refractivity contribution is 6.31. The Balaban J connectivity index is 2.28. The molecule has 1 fully saturated rings. The number of ether oxygens (including phenoxy) is 1. The Morgan fingerprint density at radius 2 is 2.36 bits per heavy atom. The van der Waals surface area contributed by atoms with Crippen LogP contribution in [-0.2, 0) is 4.74 Å². The van der Waals surface area contributed by atoms with Gasteiger partial charge in [-0.25, -0.2) is 4.79 Å². The van der Waals surface area contributed by atoms with Crippen molar-refractivity contribution >= 4 is 17.7 Å². The number of carbonyl (C=O) groups excluding carboxylic acids is 1. The van der Waals surface area contributed by atoms with Gasteiger partial charge in [-0.1, -0.05) is 17.7 Å². The third kappa shape index (κ3) is 1.61. The first-order valence-corrected chi connectivity index (χ1v) is 4.47. The van der Waals surface area contributed by atoms with E-state index in [0.29, 0.717) is 17.1 Å². The Bertz CT molecular complexity index is 380. The first-order valence-electron chi connectivity index (χ1n) is 4.10. The van der Waals surface area contributed by atoms with E-state index >= 15 is 0 Å². The summed E-state index contributed by atoms with van der Waals surface area (Å²) in [6.07, 6.45) is -0.810. The van der Waals surface area contributed by atoms with Gasteiger partial charge in [0, 0.05) is 5.56 Å². The molecular formula is C9H8ClNO3. The summed E-state index contributed by atoms with van der Waals surface area (Å²) >= 11 is 5.88. The molecule has 0 aromatic heterocycles. The van der Waals surface area contributed by atoms with Crippen LogP contribution >= 0.6 is 11.6 Å². The summed E-state index contributed by atoms with van der Waals surface area (Å²) < 4.78 is 4.95. The highest BCUT2D eigenvalue weighted by Gasteiger charge is 2.25. The summed E-state index contributed by atoms with van der Waals surface area (Å²) in [5, 5.41) is 12.0. The molecule has 5 heteroatoms. The molecule has 1 aliphatic heterocycles. The minimum atomic E-state index is -0.445. The summed E-state index contributed by atoms with van der Waals surface area (Å²) in [4.78, 5) is 10.8. The Hall–Kier alpha value is -1.42. The van der Waals surface area contributed by atoms with Crippen molar-refractivity contribution in [2.75, 3.05) is 6.54 Å². The van der Waals surface area contributed by atoms with Gasteiger partial charge in [0.25, 0.3) is 0 Å². The third-order valence-corrected chi connectivity index (χ3v) is 2.34. The van der Waals surface area contributed by atoms with E-state index in [-0.39, 0.29) is 11.9 Å². The molecule has 1 saturated heterocycles. The molecule has 74 valence electrons. The van der Waals surface area contributed by atoms with Gasteiger partial charge < -0.3 is 15.2 Å². The van der Waals surface area contributed by atoms with Crippen LogP contribution in [0.3, 0.4) is 0 Å². The van der Waals surface area contributed by atoms with E-state index < -0.39 is 6.09 Å². The van der Waals surface area contributed by atoms with E-state index in [1.165, 1.54) is 12.1 Å². The van der Waals surface area contributed by atoms with Gasteiger partial charge in [0.1, 0.15) is 11.9 Å². The van der Waals surface area contributed by atoms with Crippen LogP contribution < -0.4 is 5.32 Å². The molecule has 14 heavy (non-hydrogen) atoms. The van der Waals surface area contributed by atoms with Gasteiger partial charge in [-0.05, 0) is 12.1 Å². The minimum Gasteiger partial charge on any atom is -0.508 e. The molecular weight excluding hydrogens is 206 g/mol. The number of phenols is 1. The zero-order chi connectivity index (χ0) is 10.1. The van der Waals surface area contributed by atoms with Crippen molar-refractivity contribution in [3.63, 3.8) is 0 Å². The van der Waals surface area contributed by atoms with Crippen LogP contribution in [0, 0.1) is 0 Å². The number of hydrogen-bond acceptors (Lipinski definition) is 3. The van der Waals surface area contributed by atoms with Crippen molar-refractivity contribution in [3.8, 4) is 5.75 Å². The van der Waals surface area contributed by atoms with Crippen molar-refractivity contribution in [3.05, 3.63) is 28.8 Å². The Labute approximate surface area is 85.4 Å². The van der Waals surface area contributed by atoms with Crippen LogP contribution in [-0.4, -0.2) is 17.7 Å². The van der Waals surface area contributed by atoms with Crippen LogP contribution in [0.15, 0.2) is 18.2 Å². The van der Waals surface area contributed by atoms with E-state index in [2.05, 4.69) is 5.32 Å². The molecule has 1 amide bonds. The van der Waals surface area contributed by atoms with Crippen LogP contribution in [0.2, 0.25) is 5.02 Å². The largest absolute Gasteiger partial charge is 0.508 e. The lowest BCUT2D eigenvalue weighted by Gasteiger charge is -2.09. The monoisotopic (exact) mass is 213 g/mol. The summed E-state index contributed by atoms with van der Waals surface area (Å²) in [5.74, 6) is 0.0935. The highest BCUT2D eigenvalue weighted by Crippen LogP contribution is 2.30. The van der Waals surface area contributed by atoms with Crippen molar-refractivity contribution < 1.29 is 14.6 Å². The maximum Gasteiger partial charge on any atom is 0.407 e. The molecule has 1 aliphatic rings. The third-order valence-electron chi connectivity index (χ3n) is 2.01. The fourth-order valence-corrected chi connectivity index (χ4v) is 1.64. The topological polar surface area (TPSA) is 58.6 Å². The summed E-state index contributed by atoms with van der Waals surface area (Å²) in [5.41, 5.74) is 0.697. The number of hydrogen-bond donors (Lipinski definition) is 2. The van der Waals surface area contributed by atoms with E-state index in [4.69, 9.17) is 21.4 Å². The number of aromatic hydroxyl groups is 1. The number of nitrogens with one attached hydrogen (secondary N) is 1. The predicted octanol–water partition coefficient (Wildman–Crippen LogP) is 1.83. The van der Waals surface area contributed by atoms with Crippen molar-refractivity contribution in [2.24, 2.45) is 0 Å². The first-order chi connectivity index (χ1) is 6.66. The Morgan fingerprint density at radius 1 is 1.57 bits per heavy atom. The molecule has 1 aromatic rings. The second kappa shape index (κ2) is 3.38. The van der Waals surface area contributed by atoms with Gasteiger partial charge in [-0.2, -0.15) is 0 Å². The van der Waals surface area contributed by atoms with Gasteiger partial charge in [0.15, 0.2) is 0 Å². The van der Waals surface area contributed by atoms with Gasteiger partial charge >= 0.3 is 6.09 Å². The number of rotatable bonds is 1. The maximum absolute atomic E-state index is 10.8. The summed E-state index contributed by atoms with van der Waals surface area (Å²) in [6.45, 7) is 0.406. The number of benzene rings is 1. The molecule has 0 spiro atoms. The molecule has 2 rings (SSSR count). The molecule has 1 heterocycles. The van der Waals surface area contributed by atoms with E-state index in [0.717, 1.165) is 0 Å². The van der Waals surface area contributed by atoms with Crippen molar-refractivity contribution in [1.82, 2.24) is 5.32 Å². The average Bonchev–Trinajstić information content (AvgIpc) is 2.51. The standard InChI is InChI=1S/C9H8ClNO3/c10-7-3-5(12)1-2-6(7)8-4-11-9(13)14-8/h1-3,8,12H,4H2,(H,11,13). The molecule has 0 bridgehead atoms.